The Morgan fingerprint density at radius 2 is 1.60 bits per heavy atom. The Hall–Kier alpha value is -1.40. The van der Waals surface area contributed by atoms with Gasteiger partial charge in [-0.2, -0.15) is 8.42 Å². The number of hydrogen-bond donors (Lipinski definition) is 1. The molecule has 6 heteroatoms. The second-order valence-corrected chi connectivity index (χ2v) is 9.06. The van der Waals surface area contributed by atoms with E-state index >= 15 is 0 Å². The van der Waals surface area contributed by atoms with Crippen molar-refractivity contribution >= 4 is 21.2 Å². The van der Waals surface area contributed by atoms with Gasteiger partial charge in [0.05, 0.1) is 4.90 Å². The second kappa shape index (κ2) is 6.72. The van der Waals surface area contributed by atoms with Crippen LogP contribution in [0.2, 0.25) is 0 Å². The van der Waals surface area contributed by atoms with Crippen molar-refractivity contribution in [2.45, 2.75) is 81.2 Å². The SMILES string of the molecule is O=S(=O)(O)c1ccc2c(c1)n(C1CCCCC1)c[n+]2C1CCCCC1. The number of hydrogen-bond acceptors (Lipinski definition) is 2. The van der Waals surface area contributed by atoms with Gasteiger partial charge in [0.2, 0.25) is 6.33 Å². The third-order valence-corrected chi connectivity index (χ3v) is 6.84. The summed E-state index contributed by atoms with van der Waals surface area (Å²) >= 11 is 0. The molecule has 0 bridgehead atoms. The first-order valence-corrected chi connectivity index (χ1v) is 11.0. The molecule has 0 aliphatic heterocycles. The predicted molar refractivity (Wildman–Crippen MR) is 96.2 cm³/mol. The highest BCUT2D eigenvalue weighted by molar-refractivity contribution is 7.85. The zero-order chi connectivity index (χ0) is 17.4. The van der Waals surface area contributed by atoms with Gasteiger partial charge in [-0.25, -0.2) is 9.13 Å². The van der Waals surface area contributed by atoms with E-state index in [0.29, 0.717) is 12.1 Å². The van der Waals surface area contributed by atoms with Crippen LogP contribution in [0.1, 0.15) is 76.3 Å². The van der Waals surface area contributed by atoms with Crippen molar-refractivity contribution in [3.63, 3.8) is 0 Å². The highest BCUT2D eigenvalue weighted by Crippen LogP contribution is 2.33. The molecule has 2 aromatic rings. The normalized spacial score (nSPS) is 21.0. The summed E-state index contributed by atoms with van der Waals surface area (Å²) < 4.78 is 37.3. The molecule has 2 aliphatic carbocycles. The van der Waals surface area contributed by atoms with Gasteiger partial charge in [0.15, 0.2) is 11.0 Å². The first kappa shape index (κ1) is 17.0. The van der Waals surface area contributed by atoms with E-state index < -0.39 is 10.1 Å². The molecular formula is C19H27N2O3S+. The predicted octanol–water partition coefficient (Wildman–Crippen LogP) is 4.19. The molecule has 2 fully saturated rings. The van der Waals surface area contributed by atoms with Crippen LogP contribution in [0.3, 0.4) is 0 Å². The summed E-state index contributed by atoms with van der Waals surface area (Å²) in [6, 6.07) is 5.98. The van der Waals surface area contributed by atoms with Crippen molar-refractivity contribution in [2.75, 3.05) is 0 Å². The van der Waals surface area contributed by atoms with E-state index in [1.807, 2.05) is 6.07 Å². The van der Waals surface area contributed by atoms with E-state index in [1.165, 1.54) is 57.4 Å². The van der Waals surface area contributed by atoms with Crippen LogP contribution in [0, 0.1) is 0 Å². The van der Waals surface area contributed by atoms with E-state index in [0.717, 1.165) is 23.9 Å². The molecule has 0 atom stereocenters. The topological polar surface area (TPSA) is 63.2 Å². The molecule has 0 spiro atoms. The fourth-order valence-corrected chi connectivity index (χ4v) is 5.15. The van der Waals surface area contributed by atoms with Crippen molar-refractivity contribution in [3.05, 3.63) is 24.5 Å². The maximum atomic E-state index is 11.6. The van der Waals surface area contributed by atoms with Gasteiger partial charge < -0.3 is 0 Å². The van der Waals surface area contributed by atoms with Crippen molar-refractivity contribution < 1.29 is 17.5 Å². The minimum Gasteiger partial charge on any atom is -0.282 e. The zero-order valence-electron chi connectivity index (χ0n) is 14.6. The zero-order valence-corrected chi connectivity index (χ0v) is 15.4. The molecular weight excluding hydrogens is 336 g/mol. The number of imidazole rings is 1. The van der Waals surface area contributed by atoms with Crippen molar-refractivity contribution in [1.82, 2.24) is 4.57 Å². The number of rotatable bonds is 3. The maximum absolute atomic E-state index is 11.6. The molecule has 25 heavy (non-hydrogen) atoms. The fourth-order valence-electron chi connectivity index (χ4n) is 4.65. The molecule has 0 amide bonds. The second-order valence-electron chi connectivity index (χ2n) is 7.64. The van der Waals surface area contributed by atoms with Gasteiger partial charge in [-0.1, -0.05) is 12.8 Å². The molecule has 5 nitrogen and oxygen atoms in total. The number of aromatic nitrogens is 2. The largest absolute Gasteiger partial charge is 0.294 e. The Balaban J connectivity index is 1.85. The van der Waals surface area contributed by atoms with Gasteiger partial charge in [-0.05, 0) is 63.5 Å². The first-order chi connectivity index (χ1) is 12.0. The molecule has 1 heterocycles. The minimum atomic E-state index is -4.18. The summed E-state index contributed by atoms with van der Waals surface area (Å²) in [7, 11) is -4.18. The molecule has 1 aromatic carbocycles. The quantitative estimate of drug-likeness (QED) is 0.657. The van der Waals surface area contributed by atoms with Gasteiger partial charge in [0.1, 0.15) is 12.1 Å². The van der Waals surface area contributed by atoms with Crippen molar-refractivity contribution in [2.24, 2.45) is 0 Å². The minimum absolute atomic E-state index is 0.00838. The number of nitrogens with zero attached hydrogens (tertiary/aromatic N) is 2. The fraction of sp³-hybridized carbons (Fsp3) is 0.632. The highest BCUT2D eigenvalue weighted by atomic mass is 32.2. The average Bonchev–Trinajstić information content (AvgIpc) is 3.01. The van der Waals surface area contributed by atoms with Crippen LogP contribution in [0.4, 0.5) is 0 Å². The summed E-state index contributed by atoms with van der Waals surface area (Å²) in [5.41, 5.74) is 2.03. The lowest BCUT2D eigenvalue weighted by atomic mass is 9.95. The van der Waals surface area contributed by atoms with Crippen LogP contribution in [0.5, 0.6) is 0 Å². The molecule has 1 N–H and O–H groups in total. The van der Waals surface area contributed by atoms with Gasteiger partial charge >= 0.3 is 0 Å². The Kier molecular flexibility index (Phi) is 4.58. The maximum Gasteiger partial charge on any atom is 0.294 e. The van der Waals surface area contributed by atoms with E-state index in [1.54, 1.807) is 6.07 Å². The molecule has 0 unspecified atom stereocenters. The van der Waals surface area contributed by atoms with E-state index in [2.05, 4.69) is 15.5 Å². The van der Waals surface area contributed by atoms with Crippen LogP contribution in [-0.4, -0.2) is 17.5 Å². The van der Waals surface area contributed by atoms with Crippen molar-refractivity contribution in [1.29, 1.82) is 0 Å². The molecule has 136 valence electrons. The Labute approximate surface area is 149 Å². The van der Waals surface area contributed by atoms with Crippen LogP contribution in [0.25, 0.3) is 11.0 Å². The number of benzene rings is 1. The molecule has 2 aliphatic rings. The lowest BCUT2D eigenvalue weighted by Crippen LogP contribution is -2.39. The van der Waals surface area contributed by atoms with Crippen LogP contribution < -0.4 is 4.57 Å². The number of fused-ring (bicyclic) bond motifs is 1. The van der Waals surface area contributed by atoms with Crippen molar-refractivity contribution in [3.8, 4) is 0 Å². The lowest BCUT2D eigenvalue weighted by Gasteiger charge is -2.20. The Bertz CT molecular complexity index is 860. The lowest BCUT2D eigenvalue weighted by molar-refractivity contribution is -0.702. The van der Waals surface area contributed by atoms with E-state index in [9.17, 15) is 13.0 Å². The summed E-state index contributed by atoms with van der Waals surface area (Å²) in [6.07, 6.45) is 14.5. The Morgan fingerprint density at radius 1 is 0.960 bits per heavy atom. The standard InChI is InChI=1S/C19H26N2O3S/c22-25(23,24)17-11-12-18-19(13-17)21(16-9-5-2-6-10-16)14-20(18)15-7-3-1-4-8-15/h11-16H,1-10H2/p+1. The summed E-state index contributed by atoms with van der Waals surface area (Å²) in [5.74, 6) is 0. The average molecular weight is 364 g/mol. The van der Waals surface area contributed by atoms with Crippen LogP contribution >= 0.6 is 0 Å². The molecule has 2 saturated carbocycles. The van der Waals surface area contributed by atoms with Crippen LogP contribution in [0.15, 0.2) is 29.4 Å². The third-order valence-electron chi connectivity index (χ3n) is 5.99. The highest BCUT2D eigenvalue weighted by Gasteiger charge is 2.30. The van der Waals surface area contributed by atoms with E-state index in [4.69, 9.17) is 0 Å². The van der Waals surface area contributed by atoms with Gasteiger partial charge in [-0.3, -0.25) is 4.55 Å². The van der Waals surface area contributed by atoms with Gasteiger partial charge in [0, 0.05) is 6.07 Å². The molecule has 1 aromatic heterocycles. The van der Waals surface area contributed by atoms with Gasteiger partial charge in [0.25, 0.3) is 10.1 Å². The van der Waals surface area contributed by atoms with E-state index in [-0.39, 0.29) is 4.90 Å². The monoisotopic (exact) mass is 363 g/mol. The summed E-state index contributed by atoms with van der Waals surface area (Å²) in [6.45, 7) is 0. The molecule has 0 radical (unpaired) electrons. The Morgan fingerprint density at radius 3 is 2.24 bits per heavy atom. The first-order valence-electron chi connectivity index (χ1n) is 9.57. The van der Waals surface area contributed by atoms with Crippen LogP contribution in [-0.2, 0) is 10.1 Å². The summed E-state index contributed by atoms with van der Waals surface area (Å²) in [4.78, 5) is -0.00838. The third kappa shape index (κ3) is 3.34. The van der Waals surface area contributed by atoms with Gasteiger partial charge in [-0.15, -0.1) is 0 Å². The summed E-state index contributed by atoms with van der Waals surface area (Å²) in [5, 5.41) is 0. The molecule has 0 saturated heterocycles. The molecule has 4 rings (SSSR count). The smallest absolute Gasteiger partial charge is 0.282 e.